The predicted molar refractivity (Wildman–Crippen MR) is 124 cm³/mol. The topological polar surface area (TPSA) is 49.3 Å². The Balaban J connectivity index is 1.59. The van der Waals surface area contributed by atoms with Crippen LogP contribution < -0.4 is 5.32 Å². The molecule has 0 aliphatic heterocycles. The lowest BCUT2D eigenvalue weighted by molar-refractivity contribution is -0.114. The molecule has 3 unspecified atom stereocenters. The van der Waals surface area contributed by atoms with Crippen molar-refractivity contribution in [2.45, 2.75) is 96.1 Å². The SMILES string of the molecule is CC#C[C@]1(O)CCC2C3CCC4=CC(=O)CCC4=C3C(C3CCC(NC)CC3)C[C@@]21C. The van der Waals surface area contributed by atoms with E-state index in [2.05, 4.69) is 31.1 Å². The molecular formula is C28H39NO2. The quantitative estimate of drug-likeness (QED) is 0.620. The Labute approximate surface area is 188 Å². The molecule has 168 valence electrons. The van der Waals surface area contributed by atoms with Crippen LogP contribution in [0, 0.1) is 40.9 Å². The molecule has 0 saturated heterocycles. The number of carbonyl (C=O) groups excluding carboxylic acids is 1. The molecule has 5 aliphatic rings. The molecule has 31 heavy (non-hydrogen) atoms. The first-order valence-electron chi connectivity index (χ1n) is 12.7. The number of rotatable bonds is 2. The van der Waals surface area contributed by atoms with Crippen LogP contribution in [-0.2, 0) is 4.79 Å². The van der Waals surface area contributed by atoms with E-state index in [1.54, 1.807) is 11.1 Å². The van der Waals surface area contributed by atoms with Crippen molar-refractivity contribution < 1.29 is 9.90 Å². The van der Waals surface area contributed by atoms with E-state index < -0.39 is 5.60 Å². The Morgan fingerprint density at radius 1 is 1.06 bits per heavy atom. The van der Waals surface area contributed by atoms with Crippen molar-refractivity contribution in [2.24, 2.45) is 29.1 Å². The van der Waals surface area contributed by atoms with Crippen LogP contribution in [-0.4, -0.2) is 29.6 Å². The summed E-state index contributed by atoms with van der Waals surface area (Å²) in [6.45, 7) is 4.23. The molecule has 3 fully saturated rings. The van der Waals surface area contributed by atoms with E-state index in [1.165, 1.54) is 31.3 Å². The van der Waals surface area contributed by atoms with Gasteiger partial charge in [-0.2, -0.15) is 0 Å². The zero-order chi connectivity index (χ0) is 21.8. The summed E-state index contributed by atoms with van der Waals surface area (Å²) in [5.74, 6) is 9.00. The summed E-state index contributed by atoms with van der Waals surface area (Å²) < 4.78 is 0. The van der Waals surface area contributed by atoms with Crippen LogP contribution >= 0.6 is 0 Å². The third-order valence-corrected chi connectivity index (χ3v) is 10.0. The molecule has 0 bridgehead atoms. The second-order valence-corrected chi connectivity index (χ2v) is 11.2. The fourth-order valence-electron chi connectivity index (χ4n) is 8.37. The number of nitrogens with one attached hydrogen (secondary N) is 1. The summed E-state index contributed by atoms with van der Waals surface area (Å²) in [4.78, 5) is 12.2. The summed E-state index contributed by atoms with van der Waals surface area (Å²) in [5, 5.41) is 15.2. The maximum Gasteiger partial charge on any atom is 0.156 e. The van der Waals surface area contributed by atoms with Crippen molar-refractivity contribution in [1.82, 2.24) is 5.32 Å². The van der Waals surface area contributed by atoms with E-state index in [9.17, 15) is 9.90 Å². The van der Waals surface area contributed by atoms with Crippen molar-refractivity contribution in [3.8, 4) is 11.8 Å². The van der Waals surface area contributed by atoms with Gasteiger partial charge in [-0.25, -0.2) is 0 Å². The highest BCUT2D eigenvalue weighted by atomic mass is 16.3. The second kappa shape index (κ2) is 7.89. The Morgan fingerprint density at radius 3 is 2.55 bits per heavy atom. The van der Waals surface area contributed by atoms with Crippen LogP contribution in [0.1, 0.15) is 84.5 Å². The predicted octanol–water partition coefficient (Wildman–Crippen LogP) is 4.95. The minimum atomic E-state index is -0.846. The van der Waals surface area contributed by atoms with Crippen molar-refractivity contribution in [1.29, 1.82) is 0 Å². The summed E-state index contributed by atoms with van der Waals surface area (Å²) in [7, 11) is 2.09. The van der Waals surface area contributed by atoms with Crippen molar-refractivity contribution in [3.05, 3.63) is 22.8 Å². The molecule has 2 N–H and O–H groups in total. The average Bonchev–Trinajstić information content (AvgIpc) is 3.03. The highest BCUT2D eigenvalue weighted by Crippen LogP contribution is 2.66. The van der Waals surface area contributed by atoms with Gasteiger partial charge in [-0.15, -0.1) is 5.92 Å². The summed E-state index contributed by atoms with van der Waals surface area (Å²) >= 11 is 0. The number of aliphatic hydroxyl groups is 1. The van der Waals surface area contributed by atoms with Crippen LogP contribution in [0.25, 0.3) is 0 Å². The van der Waals surface area contributed by atoms with Gasteiger partial charge >= 0.3 is 0 Å². The number of carbonyl (C=O) groups is 1. The molecule has 0 spiro atoms. The van der Waals surface area contributed by atoms with Gasteiger partial charge in [0.25, 0.3) is 0 Å². The Kier molecular flexibility index (Phi) is 5.47. The van der Waals surface area contributed by atoms with Gasteiger partial charge in [-0.1, -0.05) is 18.4 Å². The van der Waals surface area contributed by atoms with Crippen molar-refractivity contribution in [3.63, 3.8) is 0 Å². The Morgan fingerprint density at radius 2 is 1.84 bits per heavy atom. The van der Waals surface area contributed by atoms with Crippen LogP contribution in [0.4, 0.5) is 0 Å². The first-order valence-corrected chi connectivity index (χ1v) is 12.7. The van der Waals surface area contributed by atoms with Gasteiger partial charge in [0, 0.05) is 17.9 Å². The van der Waals surface area contributed by atoms with E-state index >= 15 is 0 Å². The number of fused-ring (bicyclic) bond motifs is 4. The lowest BCUT2D eigenvalue weighted by atomic mass is 9.49. The molecular weight excluding hydrogens is 382 g/mol. The van der Waals surface area contributed by atoms with Crippen LogP contribution in [0.5, 0.6) is 0 Å². The Hall–Kier alpha value is -1.37. The molecule has 5 rings (SSSR count). The van der Waals surface area contributed by atoms with Gasteiger partial charge in [0.15, 0.2) is 5.78 Å². The monoisotopic (exact) mass is 421 g/mol. The van der Waals surface area contributed by atoms with E-state index in [0.29, 0.717) is 41.9 Å². The molecule has 0 amide bonds. The average molecular weight is 422 g/mol. The van der Waals surface area contributed by atoms with Crippen LogP contribution in [0.2, 0.25) is 0 Å². The molecule has 0 aromatic carbocycles. The summed E-state index contributed by atoms with van der Waals surface area (Å²) in [6.07, 6.45) is 13.8. The van der Waals surface area contributed by atoms with E-state index in [0.717, 1.165) is 38.5 Å². The Bertz CT molecular complexity index is 880. The number of ketones is 1. The third-order valence-electron chi connectivity index (χ3n) is 10.0. The minimum Gasteiger partial charge on any atom is -0.377 e. The smallest absolute Gasteiger partial charge is 0.156 e. The molecule has 5 atom stereocenters. The van der Waals surface area contributed by atoms with Crippen LogP contribution in [0.3, 0.4) is 0 Å². The molecule has 3 nitrogen and oxygen atoms in total. The van der Waals surface area contributed by atoms with E-state index in [1.807, 2.05) is 13.0 Å². The maximum atomic E-state index is 12.2. The zero-order valence-electron chi connectivity index (χ0n) is 19.6. The van der Waals surface area contributed by atoms with Gasteiger partial charge in [0.2, 0.25) is 0 Å². The first kappa shape index (κ1) is 21.5. The molecule has 0 aromatic rings. The van der Waals surface area contributed by atoms with Gasteiger partial charge in [-0.05, 0) is 119 Å². The summed E-state index contributed by atoms with van der Waals surface area (Å²) in [6, 6.07) is 0.653. The van der Waals surface area contributed by atoms with Gasteiger partial charge < -0.3 is 10.4 Å². The molecule has 0 heterocycles. The minimum absolute atomic E-state index is 0.124. The lowest BCUT2D eigenvalue weighted by Crippen LogP contribution is -2.53. The van der Waals surface area contributed by atoms with Gasteiger partial charge in [-0.3, -0.25) is 4.79 Å². The first-order chi connectivity index (χ1) is 14.9. The highest BCUT2D eigenvalue weighted by Gasteiger charge is 2.63. The fraction of sp³-hybridized carbons (Fsp3) is 0.750. The number of hydrogen-bond donors (Lipinski definition) is 2. The largest absolute Gasteiger partial charge is 0.377 e. The van der Waals surface area contributed by atoms with Gasteiger partial charge in [0.1, 0.15) is 5.60 Å². The number of allylic oxidation sites excluding steroid dienone is 4. The lowest BCUT2D eigenvalue weighted by Gasteiger charge is -2.55. The highest BCUT2D eigenvalue weighted by molar-refractivity contribution is 5.93. The molecule has 0 aromatic heterocycles. The summed E-state index contributed by atoms with van der Waals surface area (Å²) in [5.41, 5.74) is 3.65. The fourth-order valence-corrected chi connectivity index (χ4v) is 8.37. The van der Waals surface area contributed by atoms with Gasteiger partial charge in [0.05, 0.1) is 0 Å². The second-order valence-electron chi connectivity index (χ2n) is 11.2. The normalized spacial score (nSPS) is 44.6. The molecule has 3 heteroatoms. The molecule has 3 saturated carbocycles. The van der Waals surface area contributed by atoms with E-state index in [4.69, 9.17) is 0 Å². The van der Waals surface area contributed by atoms with Crippen molar-refractivity contribution in [2.75, 3.05) is 7.05 Å². The van der Waals surface area contributed by atoms with E-state index in [-0.39, 0.29) is 5.41 Å². The maximum absolute atomic E-state index is 12.2. The van der Waals surface area contributed by atoms with Crippen LogP contribution in [0.15, 0.2) is 22.8 Å². The number of hydrogen-bond acceptors (Lipinski definition) is 3. The third kappa shape index (κ3) is 3.28. The standard InChI is InChI=1S/C28H39NO2/c1-4-14-28(31)15-13-25-23-11-7-19-16-21(30)10-12-22(19)26(23)24(17-27(25,28)2)18-5-8-20(29-3)9-6-18/h16,18,20,23-25,29,31H,5-13,15,17H2,1-3H3/t18?,20?,23?,24?,25?,27-,28-/m0/s1. The molecule has 5 aliphatic carbocycles. The zero-order valence-corrected chi connectivity index (χ0v) is 19.6. The molecule has 0 radical (unpaired) electrons. The van der Waals surface area contributed by atoms with Crippen molar-refractivity contribution >= 4 is 5.78 Å².